The predicted molar refractivity (Wildman–Crippen MR) is 192 cm³/mol. The lowest BCUT2D eigenvalue weighted by Crippen LogP contribution is -2.38. The number of rotatable bonds is 13. The Bertz CT molecular complexity index is 1210. The van der Waals surface area contributed by atoms with Crippen LogP contribution in [0.5, 0.6) is 0 Å². The van der Waals surface area contributed by atoms with Crippen LogP contribution in [0.1, 0.15) is 103 Å². The van der Waals surface area contributed by atoms with Crippen LogP contribution in [-0.4, -0.2) is 41.8 Å². The summed E-state index contributed by atoms with van der Waals surface area (Å²) in [5.74, 6) is 1.10. The second-order valence-electron chi connectivity index (χ2n) is 12.2. The van der Waals surface area contributed by atoms with E-state index in [1.54, 1.807) is 6.08 Å². The van der Waals surface area contributed by atoms with Gasteiger partial charge in [0.05, 0.1) is 19.2 Å². The maximum atomic E-state index is 13.4. The molecule has 0 spiro atoms. The zero-order valence-electron chi connectivity index (χ0n) is 27.7. The molecular weight excluding hydrogens is 559 g/mol. The molecule has 5 heteroatoms. The second kappa shape index (κ2) is 20.1. The molecular formula is C39H55N2O2P. The standard InChI is InChI=1S/C32H45N2O2P.C7H10/c1-4-5-6-15-22-37(27-18-11-8-12-19-27)30-21-14-13-20-28(30)31-33-29(26-16-9-7-10-17-26)23-34(31)32(35)36-24-25(2)3;1-3-5-7-6-4-2/h7,9-10,13-14,16-17,20-21,25,27,29H,4-6,8,11-12,15,18-19,22-24H2,1-3H3;3-7H,1H2,2H3/b;6-4-,7-5-. The Morgan fingerprint density at radius 2 is 1.73 bits per heavy atom. The third kappa shape index (κ3) is 11.2. The number of carbonyl (C=O) groups excluding carboxylic acids is 1. The molecule has 238 valence electrons. The van der Waals surface area contributed by atoms with Crippen LogP contribution >= 0.6 is 7.92 Å². The topological polar surface area (TPSA) is 41.9 Å². The summed E-state index contributed by atoms with van der Waals surface area (Å²) < 4.78 is 5.74. The van der Waals surface area contributed by atoms with Crippen LogP contribution in [0.3, 0.4) is 0 Å². The molecule has 2 unspecified atom stereocenters. The van der Waals surface area contributed by atoms with Gasteiger partial charge in [0.25, 0.3) is 0 Å². The summed E-state index contributed by atoms with van der Waals surface area (Å²) in [5, 5.41) is 1.44. The minimum Gasteiger partial charge on any atom is -0.449 e. The summed E-state index contributed by atoms with van der Waals surface area (Å²) >= 11 is 0. The third-order valence-electron chi connectivity index (χ3n) is 8.11. The molecule has 44 heavy (non-hydrogen) atoms. The molecule has 0 radical (unpaired) electrons. The average molecular weight is 615 g/mol. The van der Waals surface area contributed by atoms with Crippen molar-refractivity contribution in [1.82, 2.24) is 4.90 Å². The molecule has 0 aromatic heterocycles. The monoisotopic (exact) mass is 614 g/mol. The Morgan fingerprint density at radius 3 is 2.41 bits per heavy atom. The average Bonchev–Trinajstić information content (AvgIpc) is 3.51. The first-order chi connectivity index (χ1) is 21.5. The van der Waals surface area contributed by atoms with E-state index in [2.05, 4.69) is 75.9 Å². The van der Waals surface area contributed by atoms with Crippen LogP contribution in [0.15, 0.2) is 96.5 Å². The zero-order chi connectivity index (χ0) is 31.6. The summed E-state index contributed by atoms with van der Waals surface area (Å²) in [5.41, 5.74) is 3.07. The maximum Gasteiger partial charge on any atom is 0.415 e. The number of carbonyl (C=O) groups is 1. The zero-order valence-corrected chi connectivity index (χ0v) is 28.6. The summed E-state index contributed by atoms with van der Waals surface area (Å²) in [7, 11) is -0.312. The maximum absolute atomic E-state index is 13.4. The molecule has 1 fully saturated rings. The molecule has 2 aliphatic rings. The van der Waals surface area contributed by atoms with E-state index in [4.69, 9.17) is 9.73 Å². The highest BCUT2D eigenvalue weighted by Gasteiger charge is 2.35. The van der Waals surface area contributed by atoms with Crippen LogP contribution < -0.4 is 5.30 Å². The van der Waals surface area contributed by atoms with E-state index in [1.807, 2.05) is 42.2 Å². The number of amides is 1. The Balaban J connectivity index is 0.000000676. The van der Waals surface area contributed by atoms with Gasteiger partial charge in [0.2, 0.25) is 0 Å². The molecule has 1 aliphatic heterocycles. The fraction of sp³-hybridized carbons (Fsp3) is 0.487. The number of nitrogens with zero attached hydrogens (tertiary/aromatic N) is 2. The first kappa shape index (κ1) is 35.5. The van der Waals surface area contributed by atoms with Gasteiger partial charge in [-0.2, -0.15) is 0 Å². The summed E-state index contributed by atoms with van der Waals surface area (Å²) in [6, 6.07) is 19.1. The largest absolute Gasteiger partial charge is 0.449 e. The van der Waals surface area contributed by atoms with Crippen LogP contribution in [0.25, 0.3) is 0 Å². The number of benzene rings is 2. The van der Waals surface area contributed by atoms with Crippen molar-refractivity contribution in [3.8, 4) is 0 Å². The van der Waals surface area contributed by atoms with Crippen LogP contribution in [0.4, 0.5) is 4.79 Å². The minimum absolute atomic E-state index is 0.0682. The Labute approximate surface area is 269 Å². The van der Waals surface area contributed by atoms with E-state index in [1.165, 1.54) is 69.3 Å². The van der Waals surface area contributed by atoms with Gasteiger partial charge in [-0.15, -0.1) is 0 Å². The Kier molecular flexibility index (Phi) is 16.3. The summed E-state index contributed by atoms with van der Waals surface area (Å²) in [4.78, 5) is 20.4. The van der Waals surface area contributed by atoms with Crippen molar-refractivity contribution in [2.45, 2.75) is 97.2 Å². The van der Waals surface area contributed by atoms with Gasteiger partial charge in [-0.05, 0) is 54.8 Å². The molecule has 1 aliphatic carbocycles. The van der Waals surface area contributed by atoms with Crippen molar-refractivity contribution in [1.29, 1.82) is 0 Å². The number of aliphatic imine (C=N–C) groups is 1. The van der Waals surface area contributed by atoms with Crippen molar-refractivity contribution in [2.24, 2.45) is 10.9 Å². The number of amidine groups is 1. The molecule has 4 rings (SSSR count). The lowest BCUT2D eigenvalue weighted by Gasteiger charge is -2.33. The minimum atomic E-state index is -0.312. The SMILES string of the molecule is C=C/C=C\C=C/C.CCCCCCP(c1ccccc1C1=NC(c2ccccc2)CN1C(=O)OCC(C)C)C1CCCCC1. The molecule has 2 aromatic rings. The first-order valence-electron chi connectivity index (χ1n) is 16.8. The molecule has 0 bridgehead atoms. The van der Waals surface area contributed by atoms with Crippen molar-refractivity contribution in [2.75, 3.05) is 19.3 Å². The van der Waals surface area contributed by atoms with Crippen molar-refractivity contribution in [3.63, 3.8) is 0 Å². The fourth-order valence-corrected chi connectivity index (χ4v) is 9.15. The van der Waals surface area contributed by atoms with E-state index in [0.29, 0.717) is 19.1 Å². The number of unbranched alkanes of at least 4 members (excludes halogenated alkanes) is 3. The molecule has 2 aromatic carbocycles. The van der Waals surface area contributed by atoms with Crippen molar-refractivity contribution >= 4 is 25.2 Å². The highest BCUT2D eigenvalue weighted by atomic mass is 31.1. The molecule has 0 saturated heterocycles. The number of ether oxygens (including phenoxy) is 1. The molecule has 1 amide bonds. The van der Waals surface area contributed by atoms with Crippen LogP contribution in [-0.2, 0) is 4.74 Å². The molecule has 2 atom stereocenters. The predicted octanol–water partition coefficient (Wildman–Crippen LogP) is 10.6. The van der Waals surface area contributed by atoms with Gasteiger partial charge in [0.1, 0.15) is 5.84 Å². The smallest absolute Gasteiger partial charge is 0.415 e. The normalized spacial score (nSPS) is 17.9. The van der Waals surface area contributed by atoms with Gasteiger partial charge in [-0.3, -0.25) is 9.89 Å². The highest BCUT2D eigenvalue weighted by molar-refractivity contribution is 7.66. The van der Waals surface area contributed by atoms with E-state index < -0.39 is 0 Å². The van der Waals surface area contributed by atoms with Gasteiger partial charge in [-0.1, -0.05) is 159 Å². The molecule has 1 saturated carbocycles. The van der Waals surface area contributed by atoms with Gasteiger partial charge in [0, 0.05) is 5.56 Å². The molecule has 1 heterocycles. The Hall–Kier alpha value is -2.97. The van der Waals surface area contributed by atoms with E-state index >= 15 is 0 Å². The second-order valence-corrected chi connectivity index (χ2v) is 14.8. The van der Waals surface area contributed by atoms with Gasteiger partial charge in [-0.25, -0.2) is 4.79 Å². The van der Waals surface area contributed by atoms with Gasteiger partial charge in [0.15, 0.2) is 0 Å². The van der Waals surface area contributed by atoms with E-state index in [-0.39, 0.29) is 20.1 Å². The Morgan fingerprint density at radius 1 is 1.00 bits per heavy atom. The van der Waals surface area contributed by atoms with Crippen molar-refractivity contribution in [3.05, 3.63) is 103 Å². The number of allylic oxidation sites excluding steroid dienone is 5. The van der Waals surface area contributed by atoms with Crippen LogP contribution in [0, 0.1) is 5.92 Å². The first-order valence-corrected chi connectivity index (χ1v) is 18.4. The summed E-state index contributed by atoms with van der Waals surface area (Å²) in [6.45, 7) is 12.9. The van der Waals surface area contributed by atoms with Gasteiger partial charge < -0.3 is 4.74 Å². The van der Waals surface area contributed by atoms with E-state index in [9.17, 15) is 4.79 Å². The molecule has 0 N–H and O–H groups in total. The highest BCUT2D eigenvalue weighted by Crippen LogP contribution is 2.49. The third-order valence-corrected chi connectivity index (χ3v) is 11.3. The van der Waals surface area contributed by atoms with Crippen LogP contribution in [0.2, 0.25) is 0 Å². The lowest BCUT2D eigenvalue weighted by molar-refractivity contribution is 0.112. The quantitative estimate of drug-likeness (QED) is 0.128. The van der Waals surface area contributed by atoms with E-state index in [0.717, 1.165) is 22.6 Å². The lowest BCUT2D eigenvalue weighted by atomic mass is 10.0. The number of hydrogen-bond donors (Lipinski definition) is 0. The van der Waals surface area contributed by atoms with Gasteiger partial charge >= 0.3 is 6.09 Å². The molecule has 4 nitrogen and oxygen atoms in total. The number of hydrogen-bond acceptors (Lipinski definition) is 3. The van der Waals surface area contributed by atoms with Crippen molar-refractivity contribution < 1.29 is 9.53 Å². The fourth-order valence-electron chi connectivity index (χ4n) is 5.83. The summed E-state index contributed by atoms with van der Waals surface area (Å²) in [6.07, 6.45) is 22.5.